The summed E-state index contributed by atoms with van der Waals surface area (Å²) in [7, 11) is 0. The predicted molar refractivity (Wildman–Crippen MR) is 38.4 cm³/mol. The van der Waals surface area contributed by atoms with Gasteiger partial charge in [0.05, 0.1) is 0 Å². The quantitative estimate of drug-likeness (QED) is 0.651. The van der Waals surface area contributed by atoms with Crippen molar-refractivity contribution >= 4 is 18.4 Å². The van der Waals surface area contributed by atoms with Crippen LogP contribution in [0.3, 0.4) is 0 Å². The van der Waals surface area contributed by atoms with Crippen LogP contribution in [-0.4, -0.2) is 18.4 Å². The fraction of sp³-hybridized carbons (Fsp3) is 0.833. The number of hydrogen-bond acceptors (Lipinski definition) is 1. The van der Waals surface area contributed by atoms with Gasteiger partial charge in [-0.15, -0.1) is 0 Å². The fourth-order valence-electron chi connectivity index (χ4n) is 0.431. The van der Waals surface area contributed by atoms with Crippen LogP contribution in [0.1, 0.15) is 6.42 Å². The Bertz CT molecular complexity index is 96.1. The van der Waals surface area contributed by atoms with Crippen LogP contribution in [0, 0.1) is 11.3 Å². The molecule has 0 unspecified atom stereocenters. The van der Waals surface area contributed by atoms with Gasteiger partial charge < -0.3 is 0 Å². The summed E-state index contributed by atoms with van der Waals surface area (Å²) in [5.74, 6) is 0. The first-order valence-corrected chi connectivity index (χ1v) is 13.5. The van der Waals surface area contributed by atoms with E-state index >= 15 is 0 Å². The van der Waals surface area contributed by atoms with Gasteiger partial charge in [-0.25, -0.2) is 0 Å². The molecule has 0 aromatic rings. The predicted octanol–water partition coefficient (Wildman–Crippen LogP) is 2.24. The van der Waals surface area contributed by atoms with Gasteiger partial charge in [-0.05, 0) is 0 Å². The van der Waals surface area contributed by atoms with Gasteiger partial charge in [0.25, 0.3) is 0 Å². The number of nitrogens with zero attached hydrogens (tertiary/aromatic N) is 1. The van der Waals surface area contributed by atoms with Crippen LogP contribution in [0.4, 0.5) is 0 Å². The van der Waals surface area contributed by atoms with Gasteiger partial charge in [-0.2, -0.15) is 0 Å². The third kappa shape index (κ3) is 6.29. The molecule has 0 N–H and O–H groups in total. The maximum atomic E-state index is 8.21. The molecule has 0 aliphatic heterocycles. The van der Waals surface area contributed by atoms with Crippen molar-refractivity contribution in [3.05, 3.63) is 0 Å². The van der Waals surface area contributed by atoms with Crippen LogP contribution in [0.2, 0.25) is 19.3 Å². The maximum absolute atomic E-state index is 8.21. The fourth-order valence-corrected chi connectivity index (χ4v) is 2.89. The zero-order valence-corrected chi connectivity index (χ0v) is 8.72. The molecule has 0 atom stereocenters. The van der Waals surface area contributed by atoms with E-state index in [9.17, 15) is 0 Å². The van der Waals surface area contributed by atoms with Crippen molar-refractivity contribution in [3.63, 3.8) is 0 Å². The van der Waals surface area contributed by atoms with E-state index in [4.69, 9.17) is 5.26 Å². The monoisotopic (exact) mass is 219 g/mol. The van der Waals surface area contributed by atoms with E-state index in [0.29, 0.717) is 0 Å². The zero-order chi connectivity index (χ0) is 6.62. The van der Waals surface area contributed by atoms with Gasteiger partial charge >= 0.3 is 55.4 Å². The van der Waals surface area contributed by atoms with Crippen LogP contribution in [0.25, 0.3) is 0 Å². The average molecular weight is 218 g/mol. The van der Waals surface area contributed by atoms with Crippen molar-refractivity contribution in [1.29, 1.82) is 5.26 Å². The molecule has 0 aliphatic rings. The van der Waals surface area contributed by atoms with Gasteiger partial charge in [0.1, 0.15) is 0 Å². The third-order valence-electron chi connectivity index (χ3n) is 0.987. The van der Waals surface area contributed by atoms with Crippen molar-refractivity contribution in [2.24, 2.45) is 0 Å². The minimum atomic E-state index is -1.53. The molecule has 0 saturated carbocycles. The molecule has 0 aromatic heterocycles. The molecule has 0 radical (unpaired) electrons. The van der Waals surface area contributed by atoms with E-state index in [1.807, 2.05) is 0 Å². The number of hydrogen-bond donors (Lipinski definition) is 0. The van der Waals surface area contributed by atoms with E-state index in [0.717, 1.165) is 6.42 Å². The van der Waals surface area contributed by atoms with Gasteiger partial charge in [0.2, 0.25) is 0 Å². The molecule has 0 aliphatic carbocycles. The summed E-state index contributed by atoms with van der Waals surface area (Å²) in [4.78, 5) is 7.06. The molecule has 8 heavy (non-hydrogen) atoms. The molecular formula is C6H13NSn. The Morgan fingerprint density at radius 3 is 2.00 bits per heavy atom. The van der Waals surface area contributed by atoms with E-state index in [1.165, 1.54) is 4.44 Å². The molecule has 0 rings (SSSR count). The first kappa shape index (κ1) is 8.29. The molecule has 0 heterocycles. The van der Waals surface area contributed by atoms with Crippen molar-refractivity contribution in [2.45, 2.75) is 25.7 Å². The SMILES string of the molecule is [CH3][Sn]([CH3])([CH3])[CH2]CC#N. The second kappa shape index (κ2) is 3.34. The molecule has 0 amide bonds. The van der Waals surface area contributed by atoms with E-state index in [1.54, 1.807) is 0 Å². The molecule has 0 bridgehead atoms. The minimum absolute atomic E-state index is 0.777. The number of rotatable bonds is 2. The molecule has 0 spiro atoms. The van der Waals surface area contributed by atoms with Gasteiger partial charge in [-0.1, -0.05) is 0 Å². The number of nitriles is 1. The van der Waals surface area contributed by atoms with Crippen molar-refractivity contribution in [2.75, 3.05) is 0 Å². The molecular weight excluding hydrogens is 205 g/mol. The van der Waals surface area contributed by atoms with Crippen LogP contribution in [-0.2, 0) is 0 Å². The van der Waals surface area contributed by atoms with Crippen LogP contribution >= 0.6 is 0 Å². The van der Waals surface area contributed by atoms with Gasteiger partial charge in [-0.3, -0.25) is 0 Å². The van der Waals surface area contributed by atoms with Crippen molar-refractivity contribution < 1.29 is 0 Å². The zero-order valence-electron chi connectivity index (χ0n) is 5.86. The van der Waals surface area contributed by atoms with Crippen molar-refractivity contribution in [3.8, 4) is 6.07 Å². The summed E-state index contributed by atoms with van der Waals surface area (Å²) in [6, 6.07) is 2.18. The molecule has 1 nitrogen and oxygen atoms in total. The Balaban J connectivity index is 3.28. The summed E-state index contributed by atoms with van der Waals surface area (Å²) in [5.41, 5.74) is 0. The average Bonchev–Trinajstić information content (AvgIpc) is 1.59. The first-order chi connectivity index (χ1) is 3.56. The first-order valence-electron chi connectivity index (χ1n) is 2.93. The van der Waals surface area contributed by atoms with Crippen LogP contribution in [0.5, 0.6) is 0 Å². The Morgan fingerprint density at radius 2 is 1.88 bits per heavy atom. The van der Waals surface area contributed by atoms with Crippen molar-refractivity contribution in [1.82, 2.24) is 0 Å². The second-order valence-electron chi connectivity index (χ2n) is 3.22. The standard InChI is InChI=1S/C3H4N.3CH3.Sn/c1-2-3-4;;;;/h1-2H2;3*1H3;. The Kier molecular flexibility index (Phi) is 3.46. The summed E-state index contributed by atoms with van der Waals surface area (Å²) in [6.07, 6.45) is 0.777. The van der Waals surface area contributed by atoms with E-state index in [-0.39, 0.29) is 0 Å². The van der Waals surface area contributed by atoms with E-state index < -0.39 is 18.4 Å². The summed E-state index contributed by atoms with van der Waals surface area (Å²) < 4.78 is 1.21. The Labute approximate surface area is 55.6 Å². The van der Waals surface area contributed by atoms with Crippen LogP contribution in [0.15, 0.2) is 0 Å². The Hall–Kier alpha value is 0.289. The molecule has 2 heteroatoms. The van der Waals surface area contributed by atoms with Gasteiger partial charge in [0, 0.05) is 0 Å². The van der Waals surface area contributed by atoms with Crippen LogP contribution < -0.4 is 0 Å². The normalized spacial score (nSPS) is 10.8. The summed E-state index contributed by atoms with van der Waals surface area (Å²) in [5, 5.41) is 8.21. The molecule has 0 fully saturated rings. The summed E-state index contributed by atoms with van der Waals surface area (Å²) >= 11 is -1.53. The van der Waals surface area contributed by atoms with Gasteiger partial charge in [0.15, 0.2) is 0 Å². The third-order valence-corrected chi connectivity index (χ3v) is 5.98. The molecule has 0 saturated heterocycles. The topological polar surface area (TPSA) is 23.8 Å². The molecule has 0 aromatic carbocycles. The van der Waals surface area contributed by atoms with E-state index in [2.05, 4.69) is 20.9 Å². The second-order valence-corrected chi connectivity index (χ2v) is 19.3. The summed E-state index contributed by atoms with van der Waals surface area (Å²) in [6.45, 7) is 0. The molecule has 46 valence electrons. The Morgan fingerprint density at radius 1 is 1.38 bits per heavy atom.